The number of hydrogen-bond acceptors (Lipinski definition) is 3. The minimum atomic E-state index is -2.89. The number of amides is 2. The molecule has 4 rings (SSSR count). The van der Waals surface area contributed by atoms with Crippen molar-refractivity contribution < 1.29 is 22.8 Å². The fourth-order valence-corrected chi connectivity index (χ4v) is 5.31. The number of hydrogen-bond donors (Lipinski definition) is 2. The average Bonchev–Trinajstić information content (AvgIpc) is 3.63. The van der Waals surface area contributed by atoms with Gasteiger partial charge in [-0.05, 0) is 43.0 Å². The number of allylic oxidation sites excluding steroid dienone is 2. The van der Waals surface area contributed by atoms with Crippen LogP contribution in [0.2, 0.25) is 0 Å². The summed E-state index contributed by atoms with van der Waals surface area (Å²) in [5.74, 6) is -4.32. The van der Waals surface area contributed by atoms with Crippen LogP contribution in [0.5, 0.6) is 0 Å². The van der Waals surface area contributed by atoms with Gasteiger partial charge in [-0.2, -0.15) is 5.26 Å². The minimum Gasteiger partial charge on any atom is -0.338 e. The summed E-state index contributed by atoms with van der Waals surface area (Å²) in [5.41, 5.74) is -0.806. The molecule has 0 heterocycles. The lowest BCUT2D eigenvalue weighted by atomic mass is 9.90. The Balaban J connectivity index is 1.44. The van der Waals surface area contributed by atoms with Gasteiger partial charge in [0.1, 0.15) is 15.7 Å². The van der Waals surface area contributed by atoms with Gasteiger partial charge in [0.15, 0.2) is 0 Å². The van der Waals surface area contributed by atoms with Crippen molar-refractivity contribution in [2.45, 2.75) is 53.3 Å². The highest BCUT2D eigenvalue weighted by Crippen LogP contribution is 2.65. The zero-order chi connectivity index (χ0) is 24.1. The zero-order valence-corrected chi connectivity index (χ0v) is 19.3. The second-order valence-corrected chi connectivity index (χ2v) is 10.7. The van der Waals surface area contributed by atoms with Gasteiger partial charge in [-0.3, -0.25) is 9.59 Å². The Hall–Kier alpha value is -1.95. The van der Waals surface area contributed by atoms with Gasteiger partial charge in [0.05, 0.1) is 17.9 Å². The summed E-state index contributed by atoms with van der Waals surface area (Å²) in [6.45, 7) is 0. The van der Waals surface area contributed by atoms with E-state index in [1.54, 1.807) is 6.08 Å². The maximum Gasteiger partial charge on any atom is 0.263 e. The first-order valence-corrected chi connectivity index (χ1v) is 11.5. The van der Waals surface area contributed by atoms with Crippen molar-refractivity contribution in [3.8, 4) is 6.07 Å². The highest BCUT2D eigenvalue weighted by atomic mass is 35.5. The molecule has 3 aliphatic carbocycles. The van der Waals surface area contributed by atoms with Crippen molar-refractivity contribution >= 4 is 46.6 Å². The number of benzene rings is 1. The summed E-state index contributed by atoms with van der Waals surface area (Å²) in [6.07, 6.45) is 0.418. The van der Waals surface area contributed by atoms with Crippen LogP contribution in [-0.4, -0.2) is 27.1 Å². The SMILES string of the molecule is N#CC1(NC(=O)C2CC(NC(=O)C3C(c4cc(F)cc(C(F)F)c4)C3(Cl)Cl)=CCC2Cl)CC1. The molecule has 4 atom stereocenters. The van der Waals surface area contributed by atoms with Crippen molar-refractivity contribution in [3.63, 3.8) is 0 Å². The lowest BCUT2D eigenvalue weighted by Gasteiger charge is -2.27. The molecule has 4 unspecified atom stereocenters. The lowest BCUT2D eigenvalue weighted by Crippen LogP contribution is -2.44. The summed E-state index contributed by atoms with van der Waals surface area (Å²) < 4.78 is 38.3. The fourth-order valence-electron chi connectivity index (χ4n) is 4.19. The summed E-state index contributed by atoms with van der Waals surface area (Å²) in [6, 6.07) is 4.92. The molecule has 0 spiro atoms. The molecule has 0 aliphatic heterocycles. The van der Waals surface area contributed by atoms with Crippen LogP contribution in [0.4, 0.5) is 13.2 Å². The van der Waals surface area contributed by atoms with Gasteiger partial charge in [0.25, 0.3) is 6.43 Å². The Morgan fingerprint density at radius 1 is 1.18 bits per heavy atom. The molecule has 176 valence electrons. The first-order valence-electron chi connectivity index (χ1n) is 10.3. The van der Waals surface area contributed by atoms with Crippen molar-refractivity contribution in [3.05, 3.63) is 46.9 Å². The van der Waals surface area contributed by atoms with Crippen molar-refractivity contribution in [1.29, 1.82) is 5.26 Å². The van der Waals surface area contributed by atoms with Crippen molar-refractivity contribution in [2.24, 2.45) is 11.8 Å². The van der Waals surface area contributed by atoms with Crippen molar-refractivity contribution in [2.75, 3.05) is 0 Å². The van der Waals surface area contributed by atoms with Crippen LogP contribution in [0, 0.1) is 29.0 Å². The van der Waals surface area contributed by atoms with Gasteiger partial charge in [0, 0.05) is 29.0 Å². The number of nitriles is 1. The van der Waals surface area contributed by atoms with Crippen LogP contribution in [0.15, 0.2) is 30.0 Å². The van der Waals surface area contributed by atoms with Gasteiger partial charge >= 0.3 is 0 Å². The predicted molar refractivity (Wildman–Crippen MR) is 116 cm³/mol. The smallest absolute Gasteiger partial charge is 0.263 e. The largest absolute Gasteiger partial charge is 0.338 e. The van der Waals surface area contributed by atoms with Gasteiger partial charge in [-0.15, -0.1) is 34.8 Å². The number of carbonyl (C=O) groups is 2. The second-order valence-electron chi connectivity index (χ2n) is 8.71. The van der Waals surface area contributed by atoms with E-state index in [2.05, 4.69) is 16.7 Å². The molecule has 1 aromatic carbocycles. The Labute approximate surface area is 203 Å². The number of nitrogens with zero attached hydrogens (tertiary/aromatic N) is 1. The van der Waals surface area contributed by atoms with E-state index in [-0.39, 0.29) is 17.9 Å². The molecule has 2 fully saturated rings. The molecular weight excluding hydrogens is 502 g/mol. The molecule has 5 nitrogen and oxygen atoms in total. The van der Waals surface area contributed by atoms with Gasteiger partial charge < -0.3 is 10.6 Å². The van der Waals surface area contributed by atoms with E-state index >= 15 is 0 Å². The van der Waals surface area contributed by atoms with E-state index in [0.29, 0.717) is 31.0 Å². The number of carbonyl (C=O) groups excluding carboxylic acids is 2. The first-order chi connectivity index (χ1) is 15.5. The summed E-state index contributed by atoms with van der Waals surface area (Å²) in [5, 5.41) is 14.1. The molecule has 1 aromatic rings. The third-order valence-electron chi connectivity index (χ3n) is 6.30. The van der Waals surface area contributed by atoms with Crippen LogP contribution in [0.1, 0.15) is 49.2 Å². The Bertz CT molecular complexity index is 1070. The molecule has 0 aromatic heterocycles. The van der Waals surface area contributed by atoms with E-state index in [9.17, 15) is 28.0 Å². The van der Waals surface area contributed by atoms with E-state index in [4.69, 9.17) is 34.8 Å². The van der Waals surface area contributed by atoms with Gasteiger partial charge in [-0.1, -0.05) is 6.08 Å². The predicted octanol–water partition coefficient (Wildman–Crippen LogP) is 4.84. The Morgan fingerprint density at radius 3 is 2.48 bits per heavy atom. The molecule has 33 heavy (non-hydrogen) atoms. The number of alkyl halides is 5. The van der Waals surface area contributed by atoms with Crippen LogP contribution >= 0.6 is 34.8 Å². The monoisotopic (exact) mass is 519 g/mol. The van der Waals surface area contributed by atoms with Crippen LogP contribution < -0.4 is 10.6 Å². The van der Waals surface area contributed by atoms with Crippen molar-refractivity contribution in [1.82, 2.24) is 10.6 Å². The van der Waals surface area contributed by atoms with Crippen LogP contribution in [0.25, 0.3) is 0 Å². The first kappa shape index (κ1) is 24.2. The highest BCUT2D eigenvalue weighted by molar-refractivity contribution is 6.53. The Morgan fingerprint density at radius 2 is 1.88 bits per heavy atom. The van der Waals surface area contributed by atoms with E-state index in [1.165, 1.54) is 0 Å². The number of rotatable bonds is 6. The molecule has 2 amide bonds. The highest BCUT2D eigenvalue weighted by Gasteiger charge is 2.67. The summed E-state index contributed by atoms with van der Waals surface area (Å²) >= 11 is 18.8. The van der Waals surface area contributed by atoms with Crippen LogP contribution in [0.3, 0.4) is 0 Å². The van der Waals surface area contributed by atoms with Crippen LogP contribution in [-0.2, 0) is 9.59 Å². The molecule has 0 saturated heterocycles. The number of nitrogens with one attached hydrogen (secondary N) is 2. The average molecular weight is 521 g/mol. The standard InChI is InChI=1S/C22H19Cl3F3N3O2/c23-15-2-1-13(8-14(15)19(32)31-21(9-29)3-4-21)30-20(33)17-16(22(17,24)25)10-5-11(18(27)28)7-12(26)6-10/h1,5-7,14-18H,2-4,8H2,(H,30,33)(H,31,32). The molecule has 2 N–H and O–H groups in total. The van der Waals surface area contributed by atoms with Gasteiger partial charge in [0.2, 0.25) is 11.8 Å². The van der Waals surface area contributed by atoms with E-state index in [1.807, 2.05) is 0 Å². The molecule has 0 radical (unpaired) electrons. The molecule has 3 aliphatic rings. The molecule has 0 bridgehead atoms. The fraction of sp³-hybridized carbons (Fsp3) is 0.500. The second kappa shape index (κ2) is 8.68. The Kier molecular flexibility index (Phi) is 6.36. The summed E-state index contributed by atoms with van der Waals surface area (Å²) in [4.78, 5) is 25.5. The maximum absolute atomic E-state index is 13.8. The molecule has 11 heteroatoms. The normalized spacial score (nSPS) is 29.0. The lowest BCUT2D eigenvalue weighted by molar-refractivity contribution is -0.126. The minimum absolute atomic E-state index is 0.109. The number of halogens is 6. The molecule has 2 saturated carbocycles. The molecular formula is C22H19Cl3F3N3O2. The van der Waals surface area contributed by atoms with E-state index < -0.39 is 56.7 Å². The topological polar surface area (TPSA) is 82.0 Å². The third-order valence-corrected chi connectivity index (χ3v) is 7.73. The zero-order valence-electron chi connectivity index (χ0n) is 17.1. The quantitative estimate of drug-likeness (QED) is 0.527. The summed E-state index contributed by atoms with van der Waals surface area (Å²) in [7, 11) is 0. The van der Waals surface area contributed by atoms with E-state index in [0.717, 1.165) is 12.1 Å². The maximum atomic E-state index is 13.8. The van der Waals surface area contributed by atoms with Gasteiger partial charge in [-0.25, -0.2) is 13.2 Å². The third kappa shape index (κ3) is 4.82.